The maximum absolute atomic E-state index is 14.1. The molecule has 2 aromatic rings. The van der Waals surface area contributed by atoms with Crippen LogP contribution >= 0.6 is 15.9 Å². The molecule has 112 valence electrons. The van der Waals surface area contributed by atoms with Gasteiger partial charge in [0.1, 0.15) is 29.2 Å². The Morgan fingerprint density at radius 1 is 1.05 bits per heavy atom. The molecule has 0 bridgehead atoms. The maximum Gasteiger partial charge on any atom is 0.146 e. The summed E-state index contributed by atoms with van der Waals surface area (Å²) < 4.78 is 38.1. The molecule has 0 radical (unpaired) electrons. The Morgan fingerprint density at radius 3 is 2.14 bits per heavy atom. The van der Waals surface area contributed by atoms with Crippen LogP contribution in [0.3, 0.4) is 0 Å². The van der Waals surface area contributed by atoms with Crippen LogP contribution in [0.5, 0.6) is 11.5 Å². The lowest BCUT2D eigenvalue weighted by Crippen LogP contribution is -2.07. The first-order valence-electron chi connectivity index (χ1n) is 6.02. The van der Waals surface area contributed by atoms with E-state index in [-0.39, 0.29) is 10.0 Å². The van der Waals surface area contributed by atoms with Gasteiger partial charge in [-0.05, 0) is 45.8 Å². The molecule has 1 unspecified atom stereocenters. The third-order valence-electron chi connectivity index (χ3n) is 3.04. The minimum atomic E-state index is -1.48. The van der Waals surface area contributed by atoms with Crippen molar-refractivity contribution in [1.82, 2.24) is 0 Å². The second kappa shape index (κ2) is 6.41. The zero-order valence-electron chi connectivity index (χ0n) is 11.4. The first-order valence-corrected chi connectivity index (χ1v) is 6.81. The van der Waals surface area contributed by atoms with Crippen LogP contribution in [-0.4, -0.2) is 19.3 Å². The second-order valence-corrected chi connectivity index (χ2v) is 5.16. The van der Waals surface area contributed by atoms with Crippen LogP contribution in [0, 0.1) is 11.6 Å². The van der Waals surface area contributed by atoms with Crippen LogP contribution < -0.4 is 9.47 Å². The number of benzene rings is 2. The topological polar surface area (TPSA) is 38.7 Å². The summed E-state index contributed by atoms with van der Waals surface area (Å²) in [4.78, 5) is 0. The van der Waals surface area contributed by atoms with Gasteiger partial charge < -0.3 is 14.6 Å². The summed E-state index contributed by atoms with van der Waals surface area (Å²) in [5.41, 5.74) is -0.165. The van der Waals surface area contributed by atoms with Gasteiger partial charge in [-0.3, -0.25) is 0 Å². The molecule has 1 N–H and O–H groups in total. The highest BCUT2D eigenvalue weighted by Gasteiger charge is 2.22. The summed E-state index contributed by atoms with van der Waals surface area (Å²) in [5, 5.41) is 10.3. The highest BCUT2D eigenvalue weighted by atomic mass is 79.9. The van der Waals surface area contributed by atoms with E-state index in [1.165, 1.54) is 32.4 Å². The molecule has 6 heteroatoms. The van der Waals surface area contributed by atoms with Crippen LogP contribution in [0.4, 0.5) is 8.78 Å². The molecule has 3 nitrogen and oxygen atoms in total. The van der Waals surface area contributed by atoms with Crippen LogP contribution in [0.15, 0.2) is 34.8 Å². The van der Waals surface area contributed by atoms with Gasteiger partial charge in [-0.2, -0.15) is 0 Å². The molecule has 1 atom stereocenters. The molecule has 0 aromatic heterocycles. The van der Waals surface area contributed by atoms with Crippen molar-refractivity contribution in [3.05, 3.63) is 57.6 Å². The number of aliphatic hydroxyl groups is 1. The average molecular weight is 359 g/mol. The van der Waals surface area contributed by atoms with E-state index in [2.05, 4.69) is 15.9 Å². The third-order valence-corrected chi connectivity index (χ3v) is 3.65. The summed E-state index contributed by atoms with van der Waals surface area (Å²) in [5.74, 6) is -0.840. The number of hydrogen-bond acceptors (Lipinski definition) is 3. The van der Waals surface area contributed by atoms with E-state index < -0.39 is 23.3 Å². The Hall–Kier alpha value is -1.66. The molecular weight excluding hydrogens is 346 g/mol. The number of halogens is 3. The zero-order chi connectivity index (χ0) is 15.6. The van der Waals surface area contributed by atoms with E-state index in [0.29, 0.717) is 11.5 Å². The van der Waals surface area contributed by atoms with E-state index >= 15 is 0 Å². The van der Waals surface area contributed by atoms with Gasteiger partial charge in [0.2, 0.25) is 0 Å². The molecule has 2 aromatic carbocycles. The fourth-order valence-electron chi connectivity index (χ4n) is 1.95. The zero-order valence-corrected chi connectivity index (χ0v) is 12.9. The van der Waals surface area contributed by atoms with Crippen LogP contribution in [0.2, 0.25) is 0 Å². The first-order chi connectivity index (χ1) is 9.97. The standard InChI is InChI=1S/C15H13BrF2O3/c1-20-9-5-8(6-10(7-9)21-2)15(19)13-12(17)4-3-11(16)14(13)18/h3-7,15,19H,1-2H3. The van der Waals surface area contributed by atoms with Gasteiger partial charge in [0.05, 0.1) is 24.3 Å². The highest BCUT2D eigenvalue weighted by Crippen LogP contribution is 2.34. The lowest BCUT2D eigenvalue weighted by atomic mass is 10.00. The average Bonchev–Trinajstić information content (AvgIpc) is 2.50. The predicted molar refractivity (Wildman–Crippen MR) is 77.7 cm³/mol. The smallest absolute Gasteiger partial charge is 0.146 e. The quantitative estimate of drug-likeness (QED) is 0.844. The van der Waals surface area contributed by atoms with Crippen molar-refractivity contribution in [1.29, 1.82) is 0 Å². The van der Waals surface area contributed by atoms with Gasteiger partial charge in [0.15, 0.2) is 0 Å². The fraction of sp³-hybridized carbons (Fsp3) is 0.200. The normalized spacial score (nSPS) is 12.1. The third kappa shape index (κ3) is 3.16. The number of hydrogen-bond donors (Lipinski definition) is 1. The molecule has 0 heterocycles. The van der Waals surface area contributed by atoms with Crippen LogP contribution in [-0.2, 0) is 0 Å². The summed E-state index contributed by atoms with van der Waals surface area (Å²) in [6.45, 7) is 0. The molecule has 0 aliphatic carbocycles. The van der Waals surface area contributed by atoms with Crippen molar-refractivity contribution in [3.63, 3.8) is 0 Å². The largest absolute Gasteiger partial charge is 0.497 e. The lowest BCUT2D eigenvalue weighted by Gasteiger charge is -2.16. The molecule has 0 spiro atoms. The van der Waals surface area contributed by atoms with Crippen LogP contribution in [0.1, 0.15) is 17.2 Å². The van der Waals surface area contributed by atoms with Gasteiger partial charge >= 0.3 is 0 Å². The van der Waals surface area contributed by atoms with E-state index in [0.717, 1.165) is 6.07 Å². The van der Waals surface area contributed by atoms with Crippen molar-refractivity contribution in [2.45, 2.75) is 6.10 Å². The monoisotopic (exact) mass is 358 g/mol. The molecule has 0 aliphatic heterocycles. The minimum absolute atomic E-state index is 0.0767. The summed E-state index contributed by atoms with van der Waals surface area (Å²) >= 11 is 2.98. The van der Waals surface area contributed by atoms with Crippen molar-refractivity contribution < 1.29 is 23.4 Å². The maximum atomic E-state index is 14.1. The van der Waals surface area contributed by atoms with Crippen molar-refractivity contribution in [2.24, 2.45) is 0 Å². The number of aliphatic hydroxyl groups excluding tert-OH is 1. The van der Waals surface area contributed by atoms with E-state index in [1.807, 2.05) is 0 Å². The molecule has 0 saturated carbocycles. The summed E-state index contributed by atoms with van der Waals surface area (Å²) in [7, 11) is 2.90. The number of rotatable bonds is 4. The summed E-state index contributed by atoms with van der Waals surface area (Å²) in [6.07, 6.45) is -1.48. The van der Waals surface area contributed by atoms with Gasteiger partial charge in [0, 0.05) is 6.07 Å². The van der Waals surface area contributed by atoms with Crippen molar-refractivity contribution in [3.8, 4) is 11.5 Å². The van der Waals surface area contributed by atoms with Gasteiger partial charge in [-0.1, -0.05) is 0 Å². The minimum Gasteiger partial charge on any atom is -0.497 e. The first kappa shape index (κ1) is 15.7. The molecule has 0 aliphatic rings. The van der Waals surface area contributed by atoms with Gasteiger partial charge in [-0.15, -0.1) is 0 Å². The Balaban J connectivity index is 2.54. The van der Waals surface area contributed by atoms with Gasteiger partial charge in [0.25, 0.3) is 0 Å². The van der Waals surface area contributed by atoms with E-state index in [1.54, 1.807) is 6.07 Å². The van der Waals surface area contributed by atoms with Crippen LogP contribution in [0.25, 0.3) is 0 Å². The predicted octanol–water partition coefficient (Wildman–Crippen LogP) is 3.83. The molecule has 2 rings (SSSR count). The SMILES string of the molecule is COc1cc(OC)cc(C(O)c2c(F)ccc(Br)c2F)c1. The highest BCUT2D eigenvalue weighted by molar-refractivity contribution is 9.10. The molecule has 0 saturated heterocycles. The number of ether oxygens (including phenoxy) is 2. The van der Waals surface area contributed by atoms with Gasteiger partial charge in [-0.25, -0.2) is 8.78 Å². The van der Waals surface area contributed by atoms with Crippen molar-refractivity contribution in [2.75, 3.05) is 14.2 Å². The summed E-state index contributed by atoms with van der Waals surface area (Å²) in [6, 6.07) is 6.92. The molecule has 21 heavy (non-hydrogen) atoms. The fourth-order valence-corrected chi connectivity index (χ4v) is 2.29. The second-order valence-electron chi connectivity index (χ2n) is 4.31. The Labute approximate surface area is 129 Å². The molecule has 0 amide bonds. The number of methoxy groups -OCH3 is 2. The Kier molecular flexibility index (Phi) is 4.80. The van der Waals surface area contributed by atoms with Crippen molar-refractivity contribution >= 4 is 15.9 Å². The Bertz CT molecular complexity index is 639. The Morgan fingerprint density at radius 2 is 1.62 bits per heavy atom. The van der Waals surface area contributed by atoms with E-state index in [4.69, 9.17) is 9.47 Å². The lowest BCUT2D eigenvalue weighted by molar-refractivity contribution is 0.207. The molecule has 0 fully saturated rings. The molecular formula is C15H13BrF2O3. The van der Waals surface area contributed by atoms with E-state index in [9.17, 15) is 13.9 Å².